The maximum absolute atomic E-state index is 12.3. The molecule has 0 atom stereocenters. The zero-order valence-corrected chi connectivity index (χ0v) is 16.8. The molecule has 31 heavy (non-hydrogen) atoms. The lowest BCUT2D eigenvalue weighted by Crippen LogP contribution is -2.30. The maximum atomic E-state index is 12.3. The van der Waals surface area contributed by atoms with Gasteiger partial charge in [0.15, 0.2) is 6.61 Å². The summed E-state index contributed by atoms with van der Waals surface area (Å²) in [5.41, 5.74) is 3.20. The molecule has 0 saturated carbocycles. The van der Waals surface area contributed by atoms with Crippen molar-refractivity contribution < 1.29 is 14.5 Å². The summed E-state index contributed by atoms with van der Waals surface area (Å²) in [6.07, 6.45) is 3.17. The van der Waals surface area contributed by atoms with Gasteiger partial charge in [0.25, 0.3) is 11.6 Å². The molecule has 2 aromatic heterocycles. The number of benzene rings is 2. The smallest absolute Gasteiger partial charge is 0.286 e. The number of imidazole rings is 1. The Morgan fingerprint density at radius 2 is 1.81 bits per heavy atom. The van der Waals surface area contributed by atoms with Crippen LogP contribution in [0.1, 0.15) is 5.56 Å². The van der Waals surface area contributed by atoms with E-state index in [1.807, 2.05) is 42.5 Å². The highest BCUT2D eigenvalue weighted by Crippen LogP contribution is 2.23. The molecule has 2 heterocycles. The van der Waals surface area contributed by atoms with Gasteiger partial charge in [-0.3, -0.25) is 19.3 Å². The molecule has 4 rings (SSSR count). The van der Waals surface area contributed by atoms with Crippen LogP contribution >= 0.6 is 0 Å². The first-order valence-electron chi connectivity index (χ1n) is 9.64. The first-order valence-corrected chi connectivity index (χ1v) is 9.64. The van der Waals surface area contributed by atoms with Crippen LogP contribution in [0.2, 0.25) is 0 Å². The van der Waals surface area contributed by atoms with E-state index in [0.717, 1.165) is 11.1 Å². The number of likely N-dealkylation sites (N-methyl/N-ethyl adjacent to an activating group) is 1. The van der Waals surface area contributed by atoms with Crippen molar-refractivity contribution in [2.45, 2.75) is 6.54 Å². The van der Waals surface area contributed by atoms with Gasteiger partial charge in [0, 0.05) is 31.4 Å². The van der Waals surface area contributed by atoms with Gasteiger partial charge in [-0.2, -0.15) is 0 Å². The minimum Gasteiger partial charge on any atom is -0.484 e. The van der Waals surface area contributed by atoms with E-state index in [1.165, 1.54) is 12.3 Å². The second kappa shape index (κ2) is 8.66. The minimum absolute atomic E-state index is 0.00194. The van der Waals surface area contributed by atoms with Crippen molar-refractivity contribution >= 4 is 17.2 Å². The van der Waals surface area contributed by atoms with Crippen molar-refractivity contribution in [2.75, 3.05) is 13.7 Å². The fourth-order valence-electron chi connectivity index (χ4n) is 3.15. The number of pyridine rings is 1. The summed E-state index contributed by atoms with van der Waals surface area (Å²) in [6, 6.07) is 20.0. The molecule has 0 bridgehead atoms. The Kier molecular flexibility index (Phi) is 5.61. The van der Waals surface area contributed by atoms with Crippen LogP contribution in [0.15, 0.2) is 79.1 Å². The molecule has 156 valence electrons. The summed E-state index contributed by atoms with van der Waals surface area (Å²) in [7, 11) is 1.75. The highest BCUT2D eigenvalue weighted by Gasteiger charge is 2.12. The fraction of sp³-hybridized carbons (Fsp3) is 0.130. The highest BCUT2D eigenvalue weighted by atomic mass is 16.6. The van der Waals surface area contributed by atoms with Gasteiger partial charge in [-0.25, -0.2) is 4.98 Å². The summed E-state index contributed by atoms with van der Waals surface area (Å²) >= 11 is 0. The van der Waals surface area contributed by atoms with Gasteiger partial charge < -0.3 is 9.64 Å². The summed E-state index contributed by atoms with van der Waals surface area (Å²) in [6.45, 7) is 0.467. The van der Waals surface area contributed by atoms with Gasteiger partial charge in [-0.1, -0.05) is 30.3 Å². The minimum atomic E-state index is -0.441. The van der Waals surface area contributed by atoms with Gasteiger partial charge in [0.2, 0.25) is 0 Å². The molecule has 0 aliphatic carbocycles. The van der Waals surface area contributed by atoms with E-state index in [-0.39, 0.29) is 18.2 Å². The second-order valence-electron chi connectivity index (χ2n) is 7.08. The number of hydrogen-bond acceptors (Lipinski definition) is 5. The van der Waals surface area contributed by atoms with Crippen LogP contribution in [0.4, 0.5) is 5.69 Å². The van der Waals surface area contributed by atoms with E-state index in [0.29, 0.717) is 23.6 Å². The van der Waals surface area contributed by atoms with Crippen molar-refractivity contribution in [1.82, 2.24) is 14.3 Å². The van der Waals surface area contributed by atoms with Crippen LogP contribution < -0.4 is 4.74 Å². The Morgan fingerprint density at radius 3 is 2.52 bits per heavy atom. The molecule has 2 aromatic carbocycles. The molecular formula is C23H20N4O4. The molecule has 0 aliphatic rings. The SMILES string of the molecule is CN(Cc1ccccc1)C(=O)COc1ccc(-c2cn3cc([N+](=O)[O-])ccc3n2)cc1. The number of ether oxygens (including phenoxy) is 1. The normalized spacial score (nSPS) is 10.7. The van der Waals surface area contributed by atoms with Gasteiger partial charge in [0.05, 0.1) is 16.8 Å². The number of nitrogens with zero attached hydrogens (tertiary/aromatic N) is 4. The molecule has 0 unspecified atom stereocenters. The predicted octanol–water partition coefficient (Wildman–Crippen LogP) is 3.95. The van der Waals surface area contributed by atoms with E-state index >= 15 is 0 Å². The number of carbonyl (C=O) groups is 1. The predicted molar refractivity (Wildman–Crippen MR) is 116 cm³/mol. The Bertz CT molecular complexity index is 1220. The lowest BCUT2D eigenvalue weighted by atomic mass is 10.2. The van der Waals surface area contributed by atoms with Gasteiger partial charge in [0.1, 0.15) is 11.4 Å². The van der Waals surface area contributed by atoms with Crippen LogP contribution in [-0.2, 0) is 11.3 Å². The topological polar surface area (TPSA) is 90.0 Å². The first-order chi connectivity index (χ1) is 15.0. The number of hydrogen-bond donors (Lipinski definition) is 0. The largest absolute Gasteiger partial charge is 0.484 e. The van der Waals surface area contributed by atoms with E-state index in [9.17, 15) is 14.9 Å². The zero-order chi connectivity index (χ0) is 21.8. The summed E-state index contributed by atoms with van der Waals surface area (Å²) < 4.78 is 7.25. The van der Waals surface area contributed by atoms with Crippen LogP contribution in [0.5, 0.6) is 5.75 Å². The van der Waals surface area contributed by atoms with Gasteiger partial charge in [-0.05, 0) is 35.9 Å². The molecular weight excluding hydrogens is 396 g/mol. The molecule has 0 saturated heterocycles. The third kappa shape index (κ3) is 4.69. The fourth-order valence-corrected chi connectivity index (χ4v) is 3.15. The quantitative estimate of drug-likeness (QED) is 0.336. The van der Waals surface area contributed by atoms with E-state index in [2.05, 4.69) is 4.98 Å². The molecule has 0 spiro atoms. The number of rotatable bonds is 7. The Labute approximate surface area is 178 Å². The zero-order valence-electron chi connectivity index (χ0n) is 16.8. The number of nitro groups is 1. The molecule has 8 nitrogen and oxygen atoms in total. The third-order valence-corrected chi connectivity index (χ3v) is 4.85. The highest BCUT2D eigenvalue weighted by molar-refractivity contribution is 5.77. The van der Waals surface area contributed by atoms with Crippen LogP contribution in [0.3, 0.4) is 0 Å². The molecule has 0 aliphatic heterocycles. The monoisotopic (exact) mass is 416 g/mol. The van der Waals surface area contributed by atoms with Crippen molar-refractivity contribution in [3.63, 3.8) is 0 Å². The average molecular weight is 416 g/mol. The molecule has 4 aromatic rings. The number of aromatic nitrogens is 2. The Hall–Kier alpha value is -4.20. The summed E-state index contributed by atoms with van der Waals surface area (Å²) in [4.78, 5) is 28.9. The van der Waals surface area contributed by atoms with Crippen molar-refractivity contribution in [3.05, 3.63) is 94.8 Å². The molecule has 0 radical (unpaired) electrons. The number of amides is 1. The lowest BCUT2D eigenvalue weighted by molar-refractivity contribution is -0.385. The van der Waals surface area contributed by atoms with Gasteiger partial charge in [-0.15, -0.1) is 0 Å². The van der Waals surface area contributed by atoms with Gasteiger partial charge >= 0.3 is 0 Å². The Balaban J connectivity index is 1.38. The standard InChI is InChI=1S/C23H20N4O4/c1-25(13-17-5-3-2-4-6-17)23(28)16-31-20-10-7-18(8-11-20)21-15-26-14-19(27(29)30)9-12-22(26)24-21/h2-12,14-15H,13,16H2,1H3. The van der Waals surface area contributed by atoms with Crippen molar-refractivity contribution in [2.24, 2.45) is 0 Å². The van der Waals surface area contributed by atoms with Crippen LogP contribution in [0.25, 0.3) is 16.9 Å². The van der Waals surface area contributed by atoms with E-state index in [1.54, 1.807) is 40.7 Å². The van der Waals surface area contributed by atoms with E-state index < -0.39 is 4.92 Å². The second-order valence-corrected chi connectivity index (χ2v) is 7.08. The molecule has 1 amide bonds. The van der Waals surface area contributed by atoms with E-state index in [4.69, 9.17) is 4.74 Å². The summed E-state index contributed by atoms with van der Waals surface area (Å²) in [5, 5.41) is 10.9. The van der Waals surface area contributed by atoms with Crippen molar-refractivity contribution in [1.29, 1.82) is 0 Å². The van der Waals surface area contributed by atoms with Crippen LogP contribution in [-0.4, -0.2) is 38.8 Å². The number of carbonyl (C=O) groups excluding carboxylic acids is 1. The lowest BCUT2D eigenvalue weighted by Gasteiger charge is -2.17. The average Bonchev–Trinajstić information content (AvgIpc) is 3.22. The Morgan fingerprint density at radius 1 is 1.06 bits per heavy atom. The van der Waals surface area contributed by atoms with Crippen molar-refractivity contribution in [3.8, 4) is 17.0 Å². The van der Waals surface area contributed by atoms with Crippen LogP contribution in [0, 0.1) is 10.1 Å². The summed E-state index contributed by atoms with van der Waals surface area (Å²) in [5.74, 6) is 0.458. The molecule has 0 fully saturated rings. The number of fused-ring (bicyclic) bond motifs is 1. The maximum Gasteiger partial charge on any atom is 0.286 e. The molecule has 8 heteroatoms. The molecule has 0 N–H and O–H groups in total. The first kappa shape index (κ1) is 20.1. The third-order valence-electron chi connectivity index (χ3n) is 4.85.